The molecule has 0 aliphatic heterocycles. The summed E-state index contributed by atoms with van der Waals surface area (Å²) in [5.74, 6) is 0.141. The third-order valence-corrected chi connectivity index (χ3v) is 2.02. The second kappa shape index (κ2) is 5.97. The molecule has 0 saturated heterocycles. The Morgan fingerprint density at radius 1 is 1.31 bits per heavy atom. The predicted molar refractivity (Wildman–Crippen MR) is 55.7 cm³/mol. The molecule has 13 heavy (non-hydrogen) atoms. The van der Waals surface area contributed by atoms with Gasteiger partial charge in [-0.1, -0.05) is 0 Å². The van der Waals surface area contributed by atoms with Crippen molar-refractivity contribution in [2.75, 3.05) is 13.6 Å². The van der Waals surface area contributed by atoms with Gasteiger partial charge in [0.05, 0.1) is 0 Å². The Hall–Kier alpha value is -0.570. The van der Waals surface area contributed by atoms with Crippen molar-refractivity contribution in [2.24, 2.45) is 0 Å². The Balaban J connectivity index is 3.58. The third kappa shape index (κ3) is 6.58. The molecule has 78 valence electrons. The van der Waals surface area contributed by atoms with Crippen LogP contribution in [0.2, 0.25) is 0 Å². The average molecular weight is 186 g/mol. The van der Waals surface area contributed by atoms with E-state index in [-0.39, 0.29) is 11.9 Å². The lowest BCUT2D eigenvalue weighted by atomic mass is 10.3. The Kier molecular flexibility index (Phi) is 5.71. The van der Waals surface area contributed by atoms with E-state index in [1.807, 2.05) is 20.9 Å². The van der Waals surface area contributed by atoms with E-state index >= 15 is 0 Å². The molecule has 0 bridgehead atoms. The molecule has 3 heteroatoms. The van der Waals surface area contributed by atoms with Gasteiger partial charge in [0, 0.05) is 25.0 Å². The molecule has 0 aliphatic carbocycles. The zero-order valence-corrected chi connectivity index (χ0v) is 9.42. The molecule has 0 heterocycles. The SMILES string of the molecule is CC(C)NC(=O)CCN(C)C(C)C. The van der Waals surface area contributed by atoms with Crippen LogP contribution in [0.25, 0.3) is 0 Å². The summed E-state index contributed by atoms with van der Waals surface area (Å²) in [6.07, 6.45) is 0.590. The number of nitrogens with one attached hydrogen (secondary N) is 1. The van der Waals surface area contributed by atoms with Crippen molar-refractivity contribution in [2.45, 2.75) is 46.2 Å². The van der Waals surface area contributed by atoms with Gasteiger partial charge in [-0.25, -0.2) is 0 Å². The molecule has 3 nitrogen and oxygen atoms in total. The van der Waals surface area contributed by atoms with Gasteiger partial charge in [-0.05, 0) is 34.7 Å². The maximum atomic E-state index is 11.2. The first kappa shape index (κ1) is 12.4. The van der Waals surface area contributed by atoms with Gasteiger partial charge in [0.25, 0.3) is 0 Å². The molecule has 0 aromatic rings. The van der Waals surface area contributed by atoms with Crippen LogP contribution in [-0.4, -0.2) is 36.5 Å². The molecule has 1 N–H and O–H groups in total. The van der Waals surface area contributed by atoms with Crippen LogP contribution in [0.15, 0.2) is 0 Å². The second-order valence-corrected chi connectivity index (χ2v) is 4.05. The summed E-state index contributed by atoms with van der Waals surface area (Å²) in [6, 6.07) is 0.753. The molecule has 0 spiro atoms. The van der Waals surface area contributed by atoms with Gasteiger partial charge in [-0.15, -0.1) is 0 Å². The quantitative estimate of drug-likeness (QED) is 0.700. The van der Waals surface area contributed by atoms with Crippen LogP contribution in [0, 0.1) is 0 Å². The standard InChI is InChI=1S/C10H22N2O/c1-8(2)11-10(13)6-7-12(5)9(3)4/h8-9H,6-7H2,1-5H3,(H,11,13). The van der Waals surface area contributed by atoms with Crippen molar-refractivity contribution < 1.29 is 4.79 Å². The normalized spacial score (nSPS) is 11.4. The van der Waals surface area contributed by atoms with Gasteiger partial charge < -0.3 is 10.2 Å². The van der Waals surface area contributed by atoms with E-state index in [1.54, 1.807) is 0 Å². The van der Waals surface area contributed by atoms with Gasteiger partial charge in [0.15, 0.2) is 0 Å². The van der Waals surface area contributed by atoms with Crippen LogP contribution in [0.3, 0.4) is 0 Å². The van der Waals surface area contributed by atoms with Gasteiger partial charge >= 0.3 is 0 Å². The highest BCUT2D eigenvalue weighted by Crippen LogP contribution is 1.95. The first-order chi connectivity index (χ1) is 5.93. The first-order valence-corrected chi connectivity index (χ1v) is 4.93. The van der Waals surface area contributed by atoms with Crippen molar-refractivity contribution in [1.29, 1.82) is 0 Å². The van der Waals surface area contributed by atoms with Crippen LogP contribution in [-0.2, 0) is 4.79 Å². The van der Waals surface area contributed by atoms with Crippen LogP contribution >= 0.6 is 0 Å². The summed E-state index contributed by atoms with van der Waals surface area (Å²) in [5, 5.41) is 2.87. The van der Waals surface area contributed by atoms with E-state index in [0.29, 0.717) is 12.5 Å². The average Bonchev–Trinajstić information content (AvgIpc) is 1.98. The Morgan fingerprint density at radius 3 is 2.23 bits per heavy atom. The molecular weight excluding hydrogens is 164 g/mol. The fraction of sp³-hybridized carbons (Fsp3) is 0.900. The van der Waals surface area contributed by atoms with E-state index in [9.17, 15) is 4.79 Å². The lowest BCUT2D eigenvalue weighted by Crippen LogP contribution is -2.35. The lowest BCUT2D eigenvalue weighted by molar-refractivity contribution is -0.121. The van der Waals surface area contributed by atoms with Gasteiger partial charge in [0.2, 0.25) is 5.91 Å². The molecule has 0 unspecified atom stereocenters. The summed E-state index contributed by atoms with van der Waals surface area (Å²) in [5.41, 5.74) is 0. The van der Waals surface area contributed by atoms with Gasteiger partial charge in [-0.3, -0.25) is 4.79 Å². The maximum absolute atomic E-state index is 11.2. The molecule has 1 amide bonds. The van der Waals surface area contributed by atoms with Crippen molar-refractivity contribution in [3.05, 3.63) is 0 Å². The molecule has 0 fully saturated rings. The Labute approximate surface area is 81.5 Å². The number of amides is 1. The van der Waals surface area contributed by atoms with E-state index in [0.717, 1.165) is 6.54 Å². The second-order valence-electron chi connectivity index (χ2n) is 4.05. The number of carbonyl (C=O) groups excluding carboxylic acids is 1. The topological polar surface area (TPSA) is 32.3 Å². The Bertz CT molecular complexity index is 155. The number of rotatable bonds is 5. The number of nitrogens with zero attached hydrogens (tertiary/aromatic N) is 1. The minimum atomic E-state index is 0.141. The molecular formula is C10H22N2O. The molecule has 0 rings (SSSR count). The summed E-state index contributed by atoms with van der Waals surface area (Å²) in [4.78, 5) is 13.4. The van der Waals surface area contributed by atoms with E-state index in [4.69, 9.17) is 0 Å². The fourth-order valence-electron chi connectivity index (χ4n) is 0.930. The number of carbonyl (C=O) groups is 1. The van der Waals surface area contributed by atoms with Crippen LogP contribution in [0.5, 0.6) is 0 Å². The number of hydrogen-bond acceptors (Lipinski definition) is 2. The summed E-state index contributed by atoms with van der Waals surface area (Å²) >= 11 is 0. The monoisotopic (exact) mass is 186 g/mol. The minimum Gasteiger partial charge on any atom is -0.354 e. The molecule has 0 aliphatic rings. The van der Waals surface area contributed by atoms with Crippen LogP contribution in [0.4, 0.5) is 0 Å². The third-order valence-electron chi connectivity index (χ3n) is 2.02. The Morgan fingerprint density at radius 2 is 1.85 bits per heavy atom. The molecule has 0 atom stereocenters. The first-order valence-electron chi connectivity index (χ1n) is 4.93. The zero-order valence-electron chi connectivity index (χ0n) is 9.42. The van der Waals surface area contributed by atoms with Crippen molar-refractivity contribution in [3.63, 3.8) is 0 Å². The highest BCUT2D eigenvalue weighted by molar-refractivity contribution is 5.76. The zero-order chi connectivity index (χ0) is 10.4. The van der Waals surface area contributed by atoms with E-state index < -0.39 is 0 Å². The summed E-state index contributed by atoms with van der Waals surface area (Å²) in [6.45, 7) is 9.03. The highest BCUT2D eigenvalue weighted by atomic mass is 16.1. The fourth-order valence-corrected chi connectivity index (χ4v) is 0.930. The van der Waals surface area contributed by atoms with Gasteiger partial charge in [-0.2, -0.15) is 0 Å². The van der Waals surface area contributed by atoms with E-state index in [2.05, 4.69) is 24.1 Å². The maximum Gasteiger partial charge on any atom is 0.221 e. The summed E-state index contributed by atoms with van der Waals surface area (Å²) < 4.78 is 0. The highest BCUT2D eigenvalue weighted by Gasteiger charge is 2.07. The lowest BCUT2D eigenvalue weighted by Gasteiger charge is -2.20. The molecule has 0 aromatic heterocycles. The number of hydrogen-bond donors (Lipinski definition) is 1. The largest absolute Gasteiger partial charge is 0.354 e. The smallest absolute Gasteiger partial charge is 0.221 e. The van der Waals surface area contributed by atoms with Crippen molar-refractivity contribution in [1.82, 2.24) is 10.2 Å². The van der Waals surface area contributed by atoms with Crippen molar-refractivity contribution >= 4 is 5.91 Å². The summed E-state index contributed by atoms with van der Waals surface area (Å²) in [7, 11) is 2.04. The minimum absolute atomic E-state index is 0.141. The van der Waals surface area contributed by atoms with Crippen molar-refractivity contribution in [3.8, 4) is 0 Å². The van der Waals surface area contributed by atoms with Crippen LogP contribution in [0.1, 0.15) is 34.1 Å². The van der Waals surface area contributed by atoms with E-state index in [1.165, 1.54) is 0 Å². The molecule has 0 aromatic carbocycles. The van der Waals surface area contributed by atoms with Gasteiger partial charge in [0.1, 0.15) is 0 Å². The molecule has 0 radical (unpaired) electrons. The molecule has 0 saturated carbocycles. The van der Waals surface area contributed by atoms with Crippen LogP contribution < -0.4 is 5.32 Å². The predicted octanol–water partition coefficient (Wildman–Crippen LogP) is 1.24.